The SMILES string of the molecule is CCC[C@H](NC(=O)[C@@H]1C2CCCC2CN1C(=O)[C@@H](NC(=O)[C@@H](NC(=O)c1nccn1C)C1CCCCC1)C(C)(C)C)C(=O)C(=O)NC1CC1. The summed E-state index contributed by atoms with van der Waals surface area (Å²) in [7, 11) is 1.72. The number of ketones is 1. The van der Waals surface area contributed by atoms with Crippen molar-refractivity contribution in [2.24, 2.45) is 30.2 Å². The molecule has 3 saturated carbocycles. The fourth-order valence-corrected chi connectivity index (χ4v) is 8.03. The highest BCUT2D eigenvalue weighted by atomic mass is 16.2. The van der Waals surface area contributed by atoms with Gasteiger partial charge >= 0.3 is 0 Å². The van der Waals surface area contributed by atoms with Gasteiger partial charge in [0.15, 0.2) is 5.82 Å². The molecule has 2 unspecified atom stereocenters. The third-order valence-electron chi connectivity index (χ3n) is 10.9. The van der Waals surface area contributed by atoms with Gasteiger partial charge in [0.2, 0.25) is 23.5 Å². The Hall–Kier alpha value is -3.77. The predicted molar refractivity (Wildman–Crippen MR) is 182 cm³/mol. The number of rotatable bonds is 13. The minimum Gasteiger partial charge on any atom is -0.347 e. The molecule has 5 rings (SSSR count). The maximum atomic E-state index is 14.6. The van der Waals surface area contributed by atoms with Gasteiger partial charge in [0.25, 0.3) is 11.8 Å². The van der Waals surface area contributed by atoms with Gasteiger partial charge in [-0.25, -0.2) is 4.98 Å². The number of Topliss-reactive ketones (excluding diaryl/α,β-unsaturated/α-hetero) is 1. The lowest BCUT2D eigenvalue weighted by atomic mass is 9.82. The summed E-state index contributed by atoms with van der Waals surface area (Å²) in [5.41, 5.74) is -0.728. The lowest BCUT2D eigenvalue weighted by Gasteiger charge is -2.38. The summed E-state index contributed by atoms with van der Waals surface area (Å²) in [4.78, 5) is 87.7. The topological polar surface area (TPSA) is 172 Å². The number of amides is 5. The first-order valence-corrected chi connectivity index (χ1v) is 18.3. The maximum Gasteiger partial charge on any atom is 0.289 e. The zero-order valence-corrected chi connectivity index (χ0v) is 29.8. The van der Waals surface area contributed by atoms with Crippen molar-refractivity contribution in [3.05, 3.63) is 18.2 Å². The van der Waals surface area contributed by atoms with Gasteiger partial charge in [-0.15, -0.1) is 0 Å². The summed E-state index contributed by atoms with van der Waals surface area (Å²) in [5.74, 6) is -2.89. The molecular formula is C36H55N7O6. The van der Waals surface area contributed by atoms with E-state index in [0.717, 1.165) is 64.2 Å². The van der Waals surface area contributed by atoms with Crippen LogP contribution in [0.15, 0.2) is 12.4 Å². The molecule has 0 radical (unpaired) electrons. The van der Waals surface area contributed by atoms with E-state index in [4.69, 9.17) is 0 Å². The Morgan fingerprint density at radius 1 is 0.918 bits per heavy atom. The fourth-order valence-electron chi connectivity index (χ4n) is 8.03. The van der Waals surface area contributed by atoms with Gasteiger partial charge in [-0.05, 0) is 68.1 Å². The Morgan fingerprint density at radius 2 is 1.63 bits per heavy atom. The smallest absolute Gasteiger partial charge is 0.289 e. The van der Waals surface area contributed by atoms with Crippen molar-refractivity contribution in [3.63, 3.8) is 0 Å². The largest absolute Gasteiger partial charge is 0.347 e. The number of hydrogen-bond acceptors (Lipinski definition) is 7. The predicted octanol–water partition coefficient (Wildman–Crippen LogP) is 2.39. The van der Waals surface area contributed by atoms with E-state index in [2.05, 4.69) is 26.3 Å². The number of aromatic nitrogens is 2. The van der Waals surface area contributed by atoms with Gasteiger partial charge in [-0.1, -0.05) is 59.8 Å². The molecule has 6 atom stereocenters. The Kier molecular flexibility index (Phi) is 11.5. The summed E-state index contributed by atoms with van der Waals surface area (Å²) in [6.45, 7) is 7.88. The molecule has 4 aliphatic rings. The normalized spacial score (nSPS) is 24.3. The first-order chi connectivity index (χ1) is 23.3. The average molecular weight is 682 g/mol. The van der Waals surface area contributed by atoms with E-state index in [1.54, 1.807) is 22.7 Å². The zero-order chi connectivity index (χ0) is 35.5. The van der Waals surface area contributed by atoms with Gasteiger partial charge in [-0.3, -0.25) is 28.8 Å². The fraction of sp³-hybridized carbons (Fsp3) is 0.750. The highest BCUT2D eigenvalue weighted by Crippen LogP contribution is 2.43. The van der Waals surface area contributed by atoms with E-state index >= 15 is 0 Å². The monoisotopic (exact) mass is 681 g/mol. The zero-order valence-electron chi connectivity index (χ0n) is 29.8. The molecule has 1 aromatic rings. The number of hydrogen-bond donors (Lipinski definition) is 4. The van der Waals surface area contributed by atoms with Crippen LogP contribution in [0.2, 0.25) is 0 Å². The van der Waals surface area contributed by atoms with E-state index in [0.29, 0.717) is 19.4 Å². The molecule has 2 heterocycles. The number of carbonyl (C=O) groups excluding carboxylic acids is 6. The molecule has 13 nitrogen and oxygen atoms in total. The molecule has 0 bridgehead atoms. The standard InChI is InChI=1S/C36H55N7O6/c1-6-11-25(28(44)33(47)38-23-16-17-23)39-32(46)27-24-15-10-14-22(24)20-43(27)35(49)29(36(2,3)4)41-31(45)26(21-12-8-7-9-13-21)40-34(48)30-37-18-19-42(30)5/h18-19,21-27,29H,6-17,20H2,1-5H3,(H,38,47)(H,39,46)(H,40,48)(H,41,45)/t22?,24?,25-,26-,27-,29+/m0/s1. The van der Waals surface area contributed by atoms with Crippen molar-refractivity contribution in [2.45, 2.75) is 135 Å². The van der Waals surface area contributed by atoms with Crippen molar-refractivity contribution in [3.8, 4) is 0 Å². The molecule has 3 aliphatic carbocycles. The summed E-state index contributed by atoms with van der Waals surface area (Å²) in [6.07, 6.45) is 12.9. The second-order valence-electron chi connectivity index (χ2n) is 15.8. The van der Waals surface area contributed by atoms with E-state index in [1.165, 1.54) is 6.20 Å². The van der Waals surface area contributed by atoms with Crippen LogP contribution in [0.25, 0.3) is 0 Å². The van der Waals surface area contributed by atoms with Crippen LogP contribution in [0.3, 0.4) is 0 Å². The first-order valence-electron chi connectivity index (χ1n) is 18.3. The number of nitrogens with one attached hydrogen (secondary N) is 4. The van der Waals surface area contributed by atoms with Crippen LogP contribution in [0, 0.1) is 23.2 Å². The van der Waals surface area contributed by atoms with Crippen molar-refractivity contribution in [1.29, 1.82) is 0 Å². The minimum atomic E-state index is -0.984. The molecule has 0 spiro atoms. The summed E-state index contributed by atoms with van der Waals surface area (Å²) in [5, 5.41) is 11.6. The third-order valence-corrected chi connectivity index (χ3v) is 10.9. The highest BCUT2D eigenvalue weighted by Gasteiger charge is 2.52. The van der Waals surface area contributed by atoms with Gasteiger partial charge in [-0.2, -0.15) is 0 Å². The molecule has 5 amide bonds. The molecule has 4 fully saturated rings. The molecule has 270 valence electrons. The molecule has 1 saturated heterocycles. The second kappa shape index (κ2) is 15.4. The Bertz CT molecular complexity index is 1410. The molecule has 49 heavy (non-hydrogen) atoms. The average Bonchev–Trinajstić information content (AvgIpc) is 3.40. The molecule has 1 aromatic heterocycles. The number of imidazole rings is 1. The minimum absolute atomic E-state index is 0.0157. The highest BCUT2D eigenvalue weighted by molar-refractivity contribution is 6.38. The number of fused-ring (bicyclic) bond motifs is 1. The Balaban J connectivity index is 1.36. The first kappa shape index (κ1) is 36.5. The van der Waals surface area contributed by atoms with Crippen molar-refractivity contribution in [1.82, 2.24) is 35.7 Å². The van der Waals surface area contributed by atoms with Crippen LogP contribution >= 0.6 is 0 Å². The van der Waals surface area contributed by atoms with Gasteiger partial charge in [0.1, 0.15) is 18.1 Å². The molecule has 0 aromatic carbocycles. The van der Waals surface area contributed by atoms with Crippen LogP contribution < -0.4 is 21.3 Å². The van der Waals surface area contributed by atoms with Crippen molar-refractivity contribution >= 4 is 35.3 Å². The number of nitrogens with zero attached hydrogens (tertiary/aromatic N) is 3. The molecule has 4 N–H and O–H groups in total. The number of carbonyl (C=O) groups is 6. The van der Waals surface area contributed by atoms with Crippen LogP contribution in [0.1, 0.15) is 115 Å². The molecule has 13 heteroatoms. The third kappa shape index (κ3) is 8.52. The second-order valence-corrected chi connectivity index (χ2v) is 15.8. The Labute approximate surface area is 289 Å². The lowest BCUT2D eigenvalue weighted by Crippen LogP contribution is -2.62. The summed E-state index contributed by atoms with van der Waals surface area (Å²) < 4.78 is 1.60. The van der Waals surface area contributed by atoms with E-state index in [-0.39, 0.29) is 35.5 Å². The number of likely N-dealkylation sites (tertiary alicyclic amines) is 1. The van der Waals surface area contributed by atoms with Crippen LogP contribution in [0.5, 0.6) is 0 Å². The van der Waals surface area contributed by atoms with Crippen molar-refractivity contribution in [2.75, 3.05) is 6.54 Å². The number of aryl methyl sites for hydroxylation is 1. The van der Waals surface area contributed by atoms with Crippen LogP contribution in [-0.2, 0) is 31.0 Å². The van der Waals surface area contributed by atoms with Crippen LogP contribution in [-0.4, -0.2) is 86.5 Å². The summed E-state index contributed by atoms with van der Waals surface area (Å²) >= 11 is 0. The Morgan fingerprint density at radius 3 is 2.24 bits per heavy atom. The van der Waals surface area contributed by atoms with Gasteiger partial charge in [0, 0.05) is 32.0 Å². The van der Waals surface area contributed by atoms with E-state index in [9.17, 15) is 28.8 Å². The quantitative estimate of drug-likeness (QED) is 0.232. The maximum absolute atomic E-state index is 14.6. The van der Waals surface area contributed by atoms with E-state index in [1.807, 2.05) is 27.7 Å². The van der Waals surface area contributed by atoms with Gasteiger partial charge in [0.05, 0.1) is 6.04 Å². The van der Waals surface area contributed by atoms with E-state index < -0.39 is 59.0 Å². The molecule has 1 aliphatic heterocycles. The van der Waals surface area contributed by atoms with Gasteiger partial charge < -0.3 is 30.7 Å². The van der Waals surface area contributed by atoms with Crippen molar-refractivity contribution < 1.29 is 28.8 Å². The summed E-state index contributed by atoms with van der Waals surface area (Å²) in [6, 6.07) is -3.63. The lowest BCUT2D eigenvalue weighted by molar-refractivity contribution is -0.146. The van der Waals surface area contributed by atoms with Crippen LogP contribution in [0.4, 0.5) is 0 Å². The molecular weight excluding hydrogens is 626 g/mol.